The van der Waals surface area contributed by atoms with Crippen LogP contribution in [0.4, 0.5) is 26.3 Å². The number of nitrogens with one attached hydrogen (secondary N) is 1. The van der Waals surface area contributed by atoms with Crippen molar-refractivity contribution < 1.29 is 55.7 Å². The molecule has 242 valence electrons. The molecule has 7 nitrogen and oxygen atoms in total. The number of para-hydroxylation sites is 1. The number of carboxylic acids is 2. The fraction of sp³-hybridized carbons (Fsp3) is 0.0588. The van der Waals surface area contributed by atoms with Gasteiger partial charge in [0.1, 0.15) is 34.9 Å². The van der Waals surface area contributed by atoms with Crippen molar-refractivity contribution in [3.8, 4) is 0 Å². The quantitative estimate of drug-likeness (QED) is 0.0897. The molecule has 5 aromatic rings. The van der Waals surface area contributed by atoms with E-state index in [9.17, 15) is 50.6 Å². The van der Waals surface area contributed by atoms with Gasteiger partial charge in [0, 0.05) is 47.8 Å². The molecule has 3 N–H and O–H groups in total. The topological polar surface area (TPSA) is 125 Å². The Morgan fingerprint density at radius 2 is 1.21 bits per heavy atom. The molecule has 0 fully saturated rings. The number of rotatable bonds is 8. The summed E-state index contributed by atoms with van der Waals surface area (Å²) in [6.07, 6.45) is 2.42. The largest absolute Gasteiger partial charge is 0.481 e. The summed E-state index contributed by atoms with van der Waals surface area (Å²) in [5.74, 6) is -9.82. The highest BCUT2D eigenvalue weighted by atomic mass is 19.2. The van der Waals surface area contributed by atoms with Gasteiger partial charge in [-0.2, -0.15) is 0 Å². The average Bonchev–Trinajstić information content (AvgIpc) is 3.43. The van der Waals surface area contributed by atoms with E-state index in [1.54, 1.807) is 24.3 Å². The number of Topliss-reactive ketones (excluding diaryl/α,β-unsaturated/α-hetero) is 1. The van der Waals surface area contributed by atoms with Gasteiger partial charge in [0.2, 0.25) is 0 Å². The van der Waals surface area contributed by atoms with Crippen molar-refractivity contribution in [2.75, 3.05) is 0 Å². The second-order valence-electron chi connectivity index (χ2n) is 9.53. The number of fused-ring (bicyclic) bond motifs is 1. The van der Waals surface area contributed by atoms with Gasteiger partial charge in [-0.25, -0.2) is 31.1 Å². The van der Waals surface area contributed by atoms with E-state index in [2.05, 4.69) is 4.98 Å². The molecular formula is C34H23F6NO6. The fourth-order valence-corrected chi connectivity index (χ4v) is 4.11. The third-order valence-electron chi connectivity index (χ3n) is 6.28. The maximum atomic E-state index is 13.7. The molecule has 0 aliphatic heterocycles. The predicted octanol–water partition coefficient (Wildman–Crippen LogP) is 7.64. The van der Waals surface area contributed by atoms with E-state index < -0.39 is 70.7 Å². The first kappa shape index (κ1) is 35.5. The minimum absolute atomic E-state index is 0.317. The molecule has 5 rings (SSSR count). The summed E-state index contributed by atoms with van der Waals surface area (Å²) in [6.45, 7) is 0. The smallest absolute Gasteiger partial charge is 0.328 e. The number of benzene rings is 4. The molecule has 0 saturated heterocycles. The number of aromatic nitrogens is 1. The number of aliphatic carboxylic acids is 2. The van der Waals surface area contributed by atoms with Gasteiger partial charge in [0.05, 0.1) is 17.0 Å². The minimum Gasteiger partial charge on any atom is -0.481 e. The summed E-state index contributed by atoms with van der Waals surface area (Å²) in [6, 6.07) is 16.7. The summed E-state index contributed by atoms with van der Waals surface area (Å²) in [4.78, 5) is 48.1. The molecule has 1 unspecified atom stereocenters. The summed E-state index contributed by atoms with van der Waals surface area (Å²) in [5.41, 5.74) is 0.518. The first-order chi connectivity index (χ1) is 22.3. The van der Waals surface area contributed by atoms with Crippen LogP contribution in [0.1, 0.15) is 38.6 Å². The van der Waals surface area contributed by atoms with Crippen LogP contribution in [0.15, 0.2) is 103 Å². The van der Waals surface area contributed by atoms with Crippen LogP contribution in [-0.2, 0) is 9.59 Å². The van der Waals surface area contributed by atoms with Gasteiger partial charge in [0.15, 0.2) is 11.6 Å². The van der Waals surface area contributed by atoms with Crippen LogP contribution < -0.4 is 0 Å². The van der Waals surface area contributed by atoms with Gasteiger partial charge in [-0.3, -0.25) is 14.4 Å². The molecule has 47 heavy (non-hydrogen) atoms. The van der Waals surface area contributed by atoms with Gasteiger partial charge in [-0.1, -0.05) is 24.3 Å². The van der Waals surface area contributed by atoms with E-state index in [1.165, 1.54) is 24.4 Å². The molecule has 0 aliphatic rings. The molecule has 0 aliphatic carbocycles. The Balaban J connectivity index is 0.000000221. The third kappa shape index (κ3) is 10.3. The van der Waals surface area contributed by atoms with Crippen molar-refractivity contribution in [2.45, 2.75) is 12.3 Å². The molecule has 0 radical (unpaired) electrons. The standard InChI is InChI=1S/C18H13F2NO3.C10H6F2O3.C6H4F2/c19-10-5-6-12(15(20)7-10)17(22)8-13(18(23)24)14-9-21-16-4-2-1-3-11(14)16;11-6-1-2-7(8(12)5-6)9(13)3-4-10(14)15;7-5-2-1-3-6(8)4-5/h1-7,9,13,21H,8H2,(H,23,24);1-5H,(H,14,15);1-4H/b;4-3+;. The molecular weight excluding hydrogens is 632 g/mol. The van der Waals surface area contributed by atoms with Gasteiger partial charge >= 0.3 is 11.9 Å². The molecule has 1 heterocycles. The molecule has 0 saturated carbocycles. The number of allylic oxidation sites excluding steroid dienone is 1. The Morgan fingerprint density at radius 3 is 1.72 bits per heavy atom. The van der Waals surface area contributed by atoms with Crippen LogP contribution in [0.25, 0.3) is 10.9 Å². The lowest BCUT2D eigenvalue weighted by atomic mass is 9.91. The summed E-state index contributed by atoms with van der Waals surface area (Å²) in [5, 5.41) is 18.4. The number of ketones is 2. The Bertz CT molecular complexity index is 1940. The Kier molecular flexibility index (Phi) is 12.4. The van der Waals surface area contributed by atoms with Gasteiger partial charge in [-0.05, 0) is 54.1 Å². The molecule has 13 heteroatoms. The van der Waals surface area contributed by atoms with Gasteiger partial charge in [0.25, 0.3) is 0 Å². The zero-order valence-electron chi connectivity index (χ0n) is 23.9. The van der Waals surface area contributed by atoms with Crippen molar-refractivity contribution >= 4 is 34.4 Å². The zero-order valence-corrected chi connectivity index (χ0v) is 23.9. The van der Waals surface area contributed by atoms with Crippen molar-refractivity contribution in [1.82, 2.24) is 4.98 Å². The highest BCUT2D eigenvalue weighted by Gasteiger charge is 2.27. The fourth-order valence-electron chi connectivity index (χ4n) is 4.11. The van der Waals surface area contributed by atoms with Crippen LogP contribution in [0.5, 0.6) is 0 Å². The van der Waals surface area contributed by atoms with Crippen molar-refractivity contribution in [3.63, 3.8) is 0 Å². The van der Waals surface area contributed by atoms with E-state index in [4.69, 9.17) is 5.11 Å². The highest BCUT2D eigenvalue weighted by Crippen LogP contribution is 2.29. The first-order valence-electron chi connectivity index (χ1n) is 13.3. The van der Waals surface area contributed by atoms with Crippen LogP contribution in [-0.4, -0.2) is 38.7 Å². The highest BCUT2D eigenvalue weighted by molar-refractivity contribution is 6.07. The van der Waals surface area contributed by atoms with Crippen LogP contribution in [0.3, 0.4) is 0 Å². The normalized spacial score (nSPS) is 11.2. The molecule has 0 bridgehead atoms. The maximum absolute atomic E-state index is 13.7. The van der Waals surface area contributed by atoms with E-state index in [0.717, 1.165) is 35.8 Å². The van der Waals surface area contributed by atoms with Crippen molar-refractivity contribution in [1.29, 1.82) is 0 Å². The van der Waals surface area contributed by atoms with E-state index in [1.807, 2.05) is 0 Å². The number of hydrogen-bond donors (Lipinski definition) is 3. The Labute approximate surface area is 262 Å². The summed E-state index contributed by atoms with van der Waals surface area (Å²) < 4.78 is 76.0. The number of halogens is 6. The van der Waals surface area contributed by atoms with E-state index >= 15 is 0 Å². The zero-order chi connectivity index (χ0) is 34.7. The van der Waals surface area contributed by atoms with Crippen molar-refractivity contribution in [3.05, 3.63) is 155 Å². The first-order valence-corrected chi connectivity index (χ1v) is 13.3. The number of aromatic amines is 1. The van der Waals surface area contributed by atoms with Crippen molar-refractivity contribution in [2.24, 2.45) is 0 Å². The van der Waals surface area contributed by atoms with Gasteiger partial charge in [-0.15, -0.1) is 0 Å². The summed E-state index contributed by atoms with van der Waals surface area (Å²) >= 11 is 0. The Morgan fingerprint density at radius 1 is 0.660 bits per heavy atom. The Hall–Kier alpha value is -5.98. The van der Waals surface area contributed by atoms with Crippen LogP contribution in [0.2, 0.25) is 0 Å². The molecule has 4 aromatic carbocycles. The number of carbonyl (C=O) groups is 4. The number of hydrogen-bond acceptors (Lipinski definition) is 4. The molecule has 0 amide bonds. The summed E-state index contributed by atoms with van der Waals surface area (Å²) in [7, 11) is 0. The van der Waals surface area contributed by atoms with E-state index in [0.29, 0.717) is 35.2 Å². The second-order valence-corrected chi connectivity index (χ2v) is 9.53. The number of carbonyl (C=O) groups excluding carboxylic acids is 2. The van der Waals surface area contributed by atoms with E-state index in [-0.39, 0.29) is 11.1 Å². The minimum atomic E-state index is -1.31. The average molecular weight is 656 g/mol. The monoisotopic (exact) mass is 655 g/mol. The molecule has 0 spiro atoms. The molecule has 1 atom stereocenters. The molecule has 1 aromatic heterocycles. The van der Waals surface area contributed by atoms with Gasteiger partial charge < -0.3 is 15.2 Å². The lowest BCUT2D eigenvalue weighted by Crippen LogP contribution is -2.17. The number of carboxylic acid groups (broad SMARTS) is 2. The second kappa shape index (κ2) is 16.4. The third-order valence-corrected chi connectivity index (χ3v) is 6.28. The lowest BCUT2D eigenvalue weighted by Gasteiger charge is -2.11. The predicted molar refractivity (Wildman–Crippen MR) is 158 cm³/mol. The lowest BCUT2D eigenvalue weighted by molar-refractivity contribution is -0.138. The van der Waals surface area contributed by atoms with Crippen LogP contribution >= 0.6 is 0 Å². The SMILES string of the molecule is Fc1cccc(F)c1.O=C(CC(C(=O)O)c1c[nH]c2ccccc12)c1ccc(F)cc1F.O=C(O)/C=C/C(=O)c1ccc(F)cc1F. The van der Waals surface area contributed by atoms with Crippen LogP contribution in [0, 0.1) is 34.9 Å². The number of H-pyrrole nitrogens is 1. The maximum Gasteiger partial charge on any atom is 0.328 e.